The second-order valence-electron chi connectivity index (χ2n) is 5.07. The first-order valence-electron chi connectivity index (χ1n) is 7.97. The van der Waals surface area contributed by atoms with Crippen LogP contribution in [0, 0.1) is 0 Å². The fraction of sp³-hybridized carbons (Fsp3) is 0.733. The van der Waals surface area contributed by atoms with Gasteiger partial charge in [-0.1, -0.05) is 0 Å². The summed E-state index contributed by atoms with van der Waals surface area (Å²) in [5.74, 6) is -2.53. The van der Waals surface area contributed by atoms with E-state index in [0.29, 0.717) is 25.8 Å². The lowest BCUT2D eigenvalue weighted by Crippen LogP contribution is -2.31. The van der Waals surface area contributed by atoms with Crippen molar-refractivity contribution in [3.05, 3.63) is 0 Å². The molecule has 0 rings (SSSR count). The van der Waals surface area contributed by atoms with Crippen molar-refractivity contribution in [2.75, 3.05) is 25.7 Å². The van der Waals surface area contributed by atoms with Gasteiger partial charge in [0.25, 0.3) is 0 Å². The van der Waals surface area contributed by atoms with Crippen molar-refractivity contribution in [1.82, 2.24) is 0 Å². The van der Waals surface area contributed by atoms with Gasteiger partial charge in [-0.25, -0.2) is 0 Å². The molecule has 0 heterocycles. The van der Waals surface area contributed by atoms with E-state index in [9.17, 15) is 19.2 Å². The zero-order valence-corrected chi connectivity index (χ0v) is 16.4. The minimum atomic E-state index is -1.08. The Bertz CT molecular complexity index is 423. The number of hydrogen-bond donors (Lipinski definition) is 6. The van der Waals surface area contributed by atoms with E-state index in [2.05, 4.69) is 4.74 Å². The number of thioether (sulfide) groups is 1. The van der Waals surface area contributed by atoms with Crippen LogP contribution < -0.4 is 17.2 Å². The number of carbonyl (C=O) groups excluding carboxylic acids is 1. The van der Waals surface area contributed by atoms with Crippen LogP contribution in [0.2, 0.25) is 0 Å². The van der Waals surface area contributed by atoms with Crippen LogP contribution in [0.1, 0.15) is 32.1 Å². The van der Waals surface area contributed by atoms with Crippen LogP contribution in [0.15, 0.2) is 0 Å². The predicted octanol–water partition coefficient (Wildman–Crippen LogP) is -0.687. The highest BCUT2D eigenvalue weighted by Crippen LogP contribution is 1.99. The van der Waals surface area contributed by atoms with Gasteiger partial charge >= 0.3 is 23.9 Å². The van der Waals surface area contributed by atoms with Crippen molar-refractivity contribution in [2.45, 2.75) is 44.2 Å². The molecule has 0 saturated carbocycles. The van der Waals surface area contributed by atoms with E-state index in [1.54, 1.807) is 11.8 Å². The molecule has 0 spiro atoms. The number of ether oxygens (including phenoxy) is 1. The number of nitrogens with two attached hydrogens (primary N) is 3. The molecule has 0 fully saturated rings. The average Bonchev–Trinajstić information content (AvgIpc) is 2.62. The molecular weight excluding hydrogens is 382 g/mol. The Kier molecular flexibility index (Phi) is 22.6. The molecule has 0 bridgehead atoms. The quantitative estimate of drug-likeness (QED) is 0.232. The molecule has 0 aromatic heterocycles. The maximum Gasteiger partial charge on any atom is 0.322 e. The van der Waals surface area contributed by atoms with Crippen LogP contribution in [-0.4, -0.2) is 76.9 Å². The Hall–Kier alpha value is -1.89. The van der Waals surface area contributed by atoms with Gasteiger partial charge in [0.15, 0.2) is 0 Å². The smallest absolute Gasteiger partial charge is 0.322 e. The largest absolute Gasteiger partial charge is 0.481 e. The summed E-state index contributed by atoms with van der Waals surface area (Å²) in [5.41, 5.74) is 15.7. The third-order valence-corrected chi connectivity index (χ3v) is 3.37. The van der Waals surface area contributed by atoms with Gasteiger partial charge in [0.2, 0.25) is 0 Å². The Labute approximate surface area is 162 Å². The van der Waals surface area contributed by atoms with Crippen molar-refractivity contribution in [3.8, 4) is 0 Å². The number of hydrogen-bond acceptors (Lipinski definition) is 9. The number of esters is 1. The number of carboxylic acids is 3. The van der Waals surface area contributed by atoms with Gasteiger partial charge in [-0.3, -0.25) is 19.2 Å². The van der Waals surface area contributed by atoms with Gasteiger partial charge in [-0.2, -0.15) is 11.8 Å². The van der Waals surface area contributed by atoms with Crippen LogP contribution in [-0.2, 0) is 23.9 Å². The van der Waals surface area contributed by atoms with E-state index >= 15 is 0 Å². The van der Waals surface area contributed by atoms with Gasteiger partial charge in [0.1, 0.15) is 12.1 Å². The van der Waals surface area contributed by atoms with Crippen LogP contribution in [0.5, 0.6) is 0 Å². The van der Waals surface area contributed by atoms with Gasteiger partial charge in [0, 0.05) is 0 Å². The molecule has 0 radical (unpaired) electrons. The molecule has 0 aromatic rings. The van der Waals surface area contributed by atoms with E-state index in [-0.39, 0.29) is 18.8 Å². The molecule has 12 heteroatoms. The molecule has 0 aliphatic rings. The lowest BCUT2D eigenvalue weighted by atomic mass is 10.2. The van der Waals surface area contributed by atoms with Crippen LogP contribution in [0.25, 0.3) is 0 Å². The zero-order valence-electron chi connectivity index (χ0n) is 15.6. The first-order chi connectivity index (χ1) is 12.5. The molecule has 0 saturated heterocycles. The molecule has 0 aliphatic heterocycles. The first-order valence-corrected chi connectivity index (χ1v) is 9.37. The monoisotopic (exact) mass is 413 g/mol. The fourth-order valence-corrected chi connectivity index (χ4v) is 1.68. The summed E-state index contributed by atoms with van der Waals surface area (Å²) in [5, 5.41) is 24.0. The standard InChI is InChI=1S/C6H13NO2S.C5H12N2O2.C4H6O4/c1-9-6(8)5(7)3-4-10-2;6-3-1-2-4(7)5(8)9;5-3(6)1-2-4(7)8/h5H,3-4,7H2,1-2H3;4H,1-3,6-7H2,(H,8,9);1-2H2,(H,5,6)(H,7,8)/t5-;4-;/m00./s1. The van der Waals surface area contributed by atoms with Crippen LogP contribution in [0.4, 0.5) is 0 Å². The zero-order chi connectivity index (χ0) is 21.8. The van der Waals surface area contributed by atoms with E-state index in [4.69, 9.17) is 32.5 Å². The topological polar surface area (TPSA) is 216 Å². The summed E-state index contributed by atoms with van der Waals surface area (Å²) in [4.78, 5) is 40.0. The highest BCUT2D eigenvalue weighted by Gasteiger charge is 2.11. The van der Waals surface area contributed by atoms with Gasteiger partial charge in [-0.15, -0.1) is 0 Å². The number of carbonyl (C=O) groups is 4. The molecule has 9 N–H and O–H groups in total. The average molecular weight is 413 g/mol. The summed E-state index contributed by atoms with van der Waals surface area (Å²) in [6.07, 6.45) is 3.21. The van der Waals surface area contributed by atoms with Gasteiger partial charge in [0.05, 0.1) is 20.0 Å². The third-order valence-electron chi connectivity index (χ3n) is 2.73. The molecule has 11 nitrogen and oxygen atoms in total. The van der Waals surface area contributed by atoms with E-state index < -0.39 is 30.0 Å². The normalized spacial score (nSPS) is 11.6. The van der Waals surface area contributed by atoms with Crippen LogP contribution in [0.3, 0.4) is 0 Å². The summed E-state index contributed by atoms with van der Waals surface area (Å²) < 4.78 is 4.44. The molecule has 0 aliphatic carbocycles. The van der Waals surface area contributed by atoms with E-state index in [0.717, 1.165) is 5.75 Å². The minimum absolute atomic E-state index is 0.296. The maximum absolute atomic E-state index is 10.7. The van der Waals surface area contributed by atoms with E-state index in [1.807, 2.05) is 6.26 Å². The Morgan fingerprint density at radius 3 is 1.74 bits per heavy atom. The molecule has 0 amide bonds. The summed E-state index contributed by atoms with van der Waals surface area (Å²) in [7, 11) is 1.35. The van der Waals surface area contributed by atoms with Crippen molar-refractivity contribution < 1.29 is 39.2 Å². The molecule has 2 atom stereocenters. The number of methoxy groups -OCH3 is 1. The van der Waals surface area contributed by atoms with Gasteiger partial charge < -0.3 is 37.3 Å². The lowest BCUT2D eigenvalue weighted by Gasteiger charge is -2.06. The SMILES string of the molecule is COC(=O)[C@@H](N)CCSC.NCCC[C@H](N)C(=O)O.O=C(O)CCC(=O)O. The van der Waals surface area contributed by atoms with Crippen molar-refractivity contribution in [2.24, 2.45) is 17.2 Å². The second kappa shape index (κ2) is 20.4. The Morgan fingerprint density at radius 2 is 1.44 bits per heavy atom. The Morgan fingerprint density at radius 1 is 0.963 bits per heavy atom. The third kappa shape index (κ3) is 26.4. The van der Waals surface area contributed by atoms with Gasteiger partial charge in [-0.05, 0) is 37.8 Å². The highest BCUT2D eigenvalue weighted by atomic mass is 32.2. The van der Waals surface area contributed by atoms with Crippen molar-refractivity contribution >= 4 is 35.6 Å². The molecule has 0 unspecified atom stereocenters. The lowest BCUT2D eigenvalue weighted by molar-refractivity contribution is -0.143. The van der Waals surface area contributed by atoms with Crippen molar-refractivity contribution in [3.63, 3.8) is 0 Å². The molecule has 27 heavy (non-hydrogen) atoms. The molecule has 160 valence electrons. The molecular formula is C15H31N3O8S. The summed E-state index contributed by atoms with van der Waals surface area (Å²) in [6, 6.07) is -1.19. The van der Waals surface area contributed by atoms with E-state index in [1.165, 1.54) is 7.11 Å². The molecule has 0 aromatic carbocycles. The van der Waals surface area contributed by atoms with Crippen LogP contribution >= 0.6 is 11.8 Å². The second-order valence-corrected chi connectivity index (χ2v) is 6.06. The van der Waals surface area contributed by atoms with Crippen molar-refractivity contribution in [1.29, 1.82) is 0 Å². The number of rotatable bonds is 11. The summed E-state index contributed by atoms with van der Waals surface area (Å²) >= 11 is 1.67. The number of carboxylic acid groups (broad SMARTS) is 3. The number of aliphatic carboxylic acids is 3. The fourth-order valence-electron chi connectivity index (χ4n) is 1.19. The predicted molar refractivity (Wildman–Crippen MR) is 101 cm³/mol. The highest BCUT2D eigenvalue weighted by molar-refractivity contribution is 7.98. The summed E-state index contributed by atoms with van der Waals surface area (Å²) in [6.45, 7) is 0.501. The minimum Gasteiger partial charge on any atom is -0.481 e. The maximum atomic E-state index is 10.7. The first kappa shape index (κ1) is 29.9. The Balaban J connectivity index is -0.000000322.